The standard InChI is InChI=1S/C13H15NO6/c1-4-5-20-13(17)14-9-6-8(12(15)16)7-10(18-2)11(9)19-3/h4,6-7H,1,5H2,2-3H3,(H,14,17)(H,15,16). The van der Waals surface area contributed by atoms with Crippen LogP contribution < -0.4 is 14.8 Å². The Morgan fingerprint density at radius 2 is 2.05 bits per heavy atom. The number of nitrogens with one attached hydrogen (secondary N) is 1. The van der Waals surface area contributed by atoms with Crippen molar-refractivity contribution in [3.63, 3.8) is 0 Å². The van der Waals surface area contributed by atoms with Gasteiger partial charge in [-0.3, -0.25) is 5.32 Å². The molecular formula is C13H15NO6. The first kappa shape index (κ1) is 15.4. The summed E-state index contributed by atoms with van der Waals surface area (Å²) in [5, 5.41) is 11.4. The molecule has 20 heavy (non-hydrogen) atoms. The molecule has 0 saturated heterocycles. The molecule has 0 atom stereocenters. The molecule has 7 heteroatoms. The molecule has 108 valence electrons. The topological polar surface area (TPSA) is 94.1 Å². The van der Waals surface area contributed by atoms with Gasteiger partial charge < -0.3 is 19.3 Å². The molecule has 0 unspecified atom stereocenters. The van der Waals surface area contributed by atoms with E-state index >= 15 is 0 Å². The van der Waals surface area contributed by atoms with Crippen LogP contribution in [0, 0.1) is 0 Å². The molecule has 0 aliphatic rings. The summed E-state index contributed by atoms with van der Waals surface area (Å²) in [5.74, 6) is -0.770. The number of carboxylic acids is 1. The molecule has 1 rings (SSSR count). The Balaban J connectivity index is 3.14. The number of anilines is 1. The molecule has 0 bridgehead atoms. The largest absolute Gasteiger partial charge is 0.493 e. The van der Waals surface area contributed by atoms with Gasteiger partial charge in [0.15, 0.2) is 11.5 Å². The van der Waals surface area contributed by atoms with Crippen LogP contribution in [0.25, 0.3) is 0 Å². The first-order valence-corrected chi connectivity index (χ1v) is 5.57. The van der Waals surface area contributed by atoms with Gasteiger partial charge in [-0.1, -0.05) is 12.7 Å². The average Bonchev–Trinajstić information content (AvgIpc) is 2.43. The zero-order chi connectivity index (χ0) is 15.1. The molecule has 0 aliphatic heterocycles. The second kappa shape index (κ2) is 7.03. The number of aromatic carboxylic acids is 1. The zero-order valence-electron chi connectivity index (χ0n) is 11.1. The molecule has 0 fully saturated rings. The average molecular weight is 281 g/mol. The fourth-order valence-electron chi connectivity index (χ4n) is 1.46. The molecule has 0 radical (unpaired) electrons. The minimum atomic E-state index is -1.16. The molecule has 0 saturated carbocycles. The van der Waals surface area contributed by atoms with Crippen LogP contribution >= 0.6 is 0 Å². The van der Waals surface area contributed by atoms with Gasteiger partial charge in [-0.05, 0) is 12.1 Å². The predicted octanol–water partition coefficient (Wildman–Crippen LogP) is 2.14. The zero-order valence-corrected chi connectivity index (χ0v) is 11.1. The van der Waals surface area contributed by atoms with Crippen LogP contribution in [0.4, 0.5) is 10.5 Å². The Bertz CT molecular complexity index is 526. The van der Waals surface area contributed by atoms with Crippen LogP contribution in [0.3, 0.4) is 0 Å². The van der Waals surface area contributed by atoms with E-state index in [4.69, 9.17) is 19.3 Å². The van der Waals surface area contributed by atoms with Crippen molar-refractivity contribution in [2.75, 3.05) is 26.1 Å². The van der Waals surface area contributed by atoms with Gasteiger partial charge in [-0.15, -0.1) is 0 Å². The number of ether oxygens (including phenoxy) is 3. The summed E-state index contributed by atoms with van der Waals surface area (Å²) in [6.45, 7) is 3.44. The van der Waals surface area contributed by atoms with Crippen LogP contribution in [-0.2, 0) is 4.74 Å². The number of amides is 1. The maximum Gasteiger partial charge on any atom is 0.412 e. The second-order valence-corrected chi connectivity index (χ2v) is 3.58. The Morgan fingerprint density at radius 3 is 2.55 bits per heavy atom. The lowest BCUT2D eigenvalue weighted by atomic mass is 10.1. The highest BCUT2D eigenvalue weighted by molar-refractivity contribution is 5.94. The summed E-state index contributed by atoms with van der Waals surface area (Å²) in [4.78, 5) is 22.5. The number of carbonyl (C=O) groups is 2. The SMILES string of the molecule is C=CCOC(=O)Nc1cc(C(=O)O)cc(OC)c1OC. The molecule has 1 amide bonds. The van der Waals surface area contributed by atoms with Crippen LogP contribution in [0.2, 0.25) is 0 Å². The molecule has 0 aromatic heterocycles. The van der Waals surface area contributed by atoms with Crippen molar-refractivity contribution >= 4 is 17.7 Å². The Morgan fingerprint density at radius 1 is 1.35 bits per heavy atom. The molecule has 2 N–H and O–H groups in total. The highest BCUT2D eigenvalue weighted by Gasteiger charge is 2.17. The van der Waals surface area contributed by atoms with Gasteiger partial charge in [0, 0.05) is 0 Å². The maximum atomic E-state index is 11.5. The smallest absolute Gasteiger partial charge is 0.412 e. The first-order chi connectivity index (χ1) is 9.53. The minimum absolute atomic E-state index is 0.0317. The number of benzene rings is 1. The summed E-state index contributed by atoms with van der Waals surface area (Å²) >= 11 is 0. The first-order valence-electron chi connectivity index (χ1n) is 5.57. The summed E-state index contributed by atoms with van der Waals surface area (Å²) in [7, 11) is 2.74. The van der Waals surface area contributed by atoms with E-state index in [1.54, 1.807) is 0 Å². The Labute approximate surface area is 115 Å². The number of rotatable bonds is 6. The van der Waals surface area contributed by atoms with Crippen molar-refractivity contribution < 1.29 is 28.9 Å². The number of carbonyl (C=O) groups excluding carboxylic acids is 1. The summed E-state index contributed by atoms with van der Waals surface area (Å²) in [5.41, 5.74) is 0.0833. The molecule has 0 heterocycles. The predicted molar refractivity (Wildman–Crippen MR) is 71.7 cm³/mol. The van der Waals surface area contributed by atoms with Gasteiger partial charge in [0.1, 0.15) is 6.61 Å². The van der Waals surface area contributed by atoms with Crippen molar-refractivity contribution in [3.05, 3.63) is 30.4 Å². The van der Waals surface area contributed by atoms with Crippen molar-refractivity contribution in [1.82, 2.24) is 0 Å². The molecule has 0 spiro atoms. The van der Waals surface area contributed by atoms with E-state index in [1.807, 2.05) is 0 Å². The van der Waals surface area contributed by atoms with Crippen LogP contribution in [0.5, 0.6) is 11.5 Å². The molecule has 0 aliphatic carbocycles. The lowest BCUT2D eigenvalue weighted by Gasteiger charge is -2.14. The van der Waals surface area contributed by atoms with Crippen molar-refractivity contribution in [3.8, 4) is 11.5 Å². The van der Waals surface area contributed by atoms with Crippen LogP contribution in [0.1, 0.15) is 10.4 Å². The van der Waals surface area contributed by atoms with Crippen molar-refractivity contribution in [2.45, 2.75) is 0 Å². The van der Waals surface area contributed by atoms with Crippen LogP contribution in [0.15, 0.2) is 24.8 Å². The highest BCUT2D eigenvalue weighted by atomic mass is 16.5. The van der Waals surface area contributed by atoms with Crippen molar-refractivity contribution in [1.29, 1.82) is 0 Å². The van der Waals surface area contributed by atoms with E-state index in [-0.39, 0.29) is 29.4 Å². The minimum Gasteiger partial charge on any atom is -0.493 e. The van der Waals surface area contributed by atoms with E-state index < -0.39 is 12.1 Å². The number of methoxy groups -OCH3 is 2. The van der Waals surface area contributed by atoms with Gasteiger partial charge in [-0.25, -0.2) is 9.59 Å². The van der Waals surface area contributed by atoms with E-state index in [9.17, 15) is 9.59 Å². The Kier molecular flexibility index (Phi) is 5.40. The molecule has 1 aromatic carbocycles. The Hall–Kier alpha value is -2.70. The summed E-state index contributed by atoms with van der Waals surface area (Å²) < 4.78 is 14.9. The third-order valence-corrected chi connectivity index (χ3v) is 2.29. The third-order valence-electron chi connectivity index (χ3n) is 2.29. The summed E-state index contributed by atoms with van der Waals surface area (Å²) in [6.07, 6.45) is 0.651. The second-order valence-electron chi connectivity index (χ2n) is 3.58. The summed E-state index contributed by atoms with van der Waals surface area (Å²) in [6, 6.07) is 2.54. The van der Waals surface area contributed by atoms with E-state index in [0.29, 0.717) is 0 Å². The van der Waals surface area contributed by atoms with Gasteiger partial charge in [0.25, 0.3) is 0 Å². The lowest BCUT2D eigenvalue weighted by molar-refractivity contribution is 0.0696. The molecule has 7 nitrogen and oxygen atoms in total. The van der Waals surface area contributed by atoms with Gasteiger partial charge in [0.05, 0.1) is 25.5 Å². The number of carboxylic acid groups (broad SMARTS) is 1. The highest BCUT2D eigenvalue weighted by Crippen LogP contribution is 2.36. The van der Waals surface area contributed by atoms with Gasteiger partial charge in [0.2, 0.25) is 0 Å². The number of hydrogen-bond donors (Lipinski definition) is 2. The monoisotopic (exact) mass is 281 g/mol. The maximum absolute atomic E-state index is 11.5. The molecule has 1 aromatic rings. The van der Waals surface area contributed by atoms with E-state index in [0.717, 1.165) is 0 Å². The third kappa shape index (κ3) is 3.64. The number of hydrogen-bond acceptors (Lipinski definition) is 5. The lowest BCUT2D eigenvalue weighted by Crippen LogP contribution is -2.15. The fraction of sp³-hybridized carbons (Fsp3) is 0.231. The van der Waals surface area contributed by atoms with Gasteiger partial charge >= 0.3 is 12.1 Å². The fourth-order valence-corrected chi connectivity index (χ4v) is 1.46. The van der Waals surface area contributed by atoms with Crippen molar-refractivity contribution in [2.24, 2.45) is 0 Å². The van der Waals surface area contributed by atoms with E-state index in [2.05, 4.69) is 11.9 Å². The quantitative estimate of drug-likeness (QED) is 0.776. The van der Waals surface area contributed by atoms with Gasteiger partial charge in [-0.2, -0.15) is 0 Å². The van der Waals surface area contributed by atoms with E-state index in [1.165, 1.54) is 32.4 Å². The molecular weight excluding hydrogens is 266 g/mol. The normalized spacial score (nSPS) is 9.50. The van der Waals surface area contributed by atoms with Crippen LogP contribution in [-0.4, -0.2) is 38.0 Å².